The number of rotatable bonds is 3. The molecule has 6 rings (SSSR count). The van der Waals surface area contributed by atoms with E-state index >= 15 is 0 Å². The molecule has 0 aliphatic carbocycles. The molecule has 2 aromatic heterocycles. The zero-order valence-corrected chi connectivity index (χ0v) is 22.1. The number of aryl methyl sites for hydroxylation is 4. The molecular formula is C32H31N5O. The number of aromatic nitrogens is 3. The molecule has 0 fully saturated rings. The second-order valence-electron chi connectivity index (χ2n) is 10.1. The van der Waals surface area contributed by atoms with Crippen LogP contribution in [0.2, 0.25) is 0 Å². The molecule has 3 heterocycles. The van der Waals surface area contributed by atoms with Gasteiger partial charge in [0.1, 0.15) is 5.82 Å². The topological polar surface area (TPSA) is 55.1 Å². The second-order valence-corrected chi connectivity index (χ2v) is 10.1. The van der Waals surface area contributed by atoms with Crippen molar-refractivity contribution in [2.45, 2.75) is 40.3 Å². The lowest BCUT2D eigenvalue weighted by atomic mass is 10.00. The second kappa shape index (κ2) is 9.38. The van der Waals surface area contributed by atoms with Gasteiger partial charge in [-0.2, -0.15) is 5.10 Å². The summed E-state index contributed by atoms with van der Waals surface area (Å²) in [7, 11) is 0. The minimum atomic E-state index is -0.286. The van der Waals surface area contributed by atoms with Crippen molar-refractivity contribution in [1.29, 1.82) is 0 Å². The highest BCUT2D eigenvalue weighted by molar-refractivity contribution is 5.91. The number of carbonyl (C=O) groups excluding carboxylic acids is 1. The summed E-state index contributed by atoms with van der Waals surface area (Å²) in [5.74, 6) is 0.966. The third-order valence-electron chi connectivity index (χ3n) is 7.34. The summed E-state index contributed by atoms with van der Waals surface area (Å²) in [6.07, 6.45) is 2.07. The molecule has 0 radical (unpaired) electrons. The summed E-state index contributed by atoms with van der Waals surface area (Å²) in [4.78, 5) is 16.1. The summed E-state index contributed by atoms with van der Waals surface area (Å²) in [6, 6.07) is 28.5. The van der Waals surface area contributed by atoms with Crippen LogP contribution in [0.4, 0.5) is 10.5 Å². The number of nitrogens with one attached hydrogen (secondary N) is 1. The van der Waals surface area contributed by atoms with Gasteiger partial charge >= 0.3 is 6.03 Å². The lowest BCUT2D eigenvalue weighted by Gasteiger charge is -2.31. The van der Waals surface area contributed by atoms with Crippen LogP contribution in [0, 0.1) is 27.7 Å². The minimum absolute atomic E-state index is 0.141. The number of urea groups is 1. The van der Waals surface area contributed by atoms with Crippen LogP contribution in [0.3, 0.4) is 0 Å². The van der Waals surface area contributed by atoms with Gasteiger partial charge in [0.05, 0.1) is 29.7 Å². The molecular weight excluding hydrogens is 470 g/mol. The van der Waals surface area contributed by atoms with E-state index in [4.69, 9.17) is 5.10 Å². The first-order chi connectivity index (χ1) is 18.4. The Morgan fingerprint density at radius 1 is 0.868 bits per heavy atom. The van der Waals surface area contributed by atoms with Crippen LogP contribution >= 0.6 is 0 Å². The van der Waals surface area contributed by atoms with Crippen LogP contribution in [-0.4, -0.2) is 25.3 Å². The number of nitrogens with zero attached hydrogens (tertiary/aromatic N) is 4. The van der Waals surface area contributed by atoms with E-state index in [1.807, 2.05) is 66.8 Å². The Kier molecular flexibility index (Phi) is 5.87. The van der Waals surface area contributed by atoms with Gasteiger partial charge in [-0.1, -0.05) is 60.2 Å². The van der Waals surface area contributed by atoms with Crippen LogP contribution in [0.1, 0.15) is 45.2 Å². The summed E-state index contributed by atoms with van der Waals surface area (Å²) in [5, 5.41) is 8.16. The van der Waals surface area contributed by atoms with Gasteiger partial charge in [0.15, 0.2) is 0 Å². The number of amides is 2. The predicted octanol–water partition coefficient (Wildman–Crippen LogP) is 7.03. The molecule has 0 bridgehead atoms. The lowest BCUT2D eigenvalue weighted by molar-refractivity contribution is 0.194. The Labute approximate surface area is 223 Å². The monoisotopic (exact) mass is 501 g/mol. The van der Waals surface area contributed by atoms with E-state index in [0.29, 0.717) is 6.54 Å². The first kappa shape index (κ1) is 23.8. The summed E-state index contributed by atoms with van der Waals surface area (Å²) < 4.78 is 4.19. The molecule has 3 aromatic carbocycles. The third-order valence-corrected chi connectivity index (χ3v) is 7.34. The number of para-hydroxylation sites is 1. The number of benzene rings is 3. The Morgan fingerprint density at radius 3 is 2.45 bits per heavy atom. The van der Waals surface area contributed by atoms with E-state index in [9.17, 15) is 4.79 Å². The van der Waals surface area contributed by atoms with Crippen molar-refractivity contribution in [2.75, 3.05) is 5.32 Å². The molecule has 6 heteroatoms. The molecule has 0 unspecified atom stereocenters. The Balaban J connectivity index is 1.54. The molecule has 1 atom stereocenters. The van der Waals surface area contributed by atoms with Gasteiger partial charge in [-0.15, -0.1) is 0 Å². The summed E-state index contributed by atoms with van der Waals surface area (Å²) in [5.41, 5.74) is 9.12. The van der Waals surface area contributed by atoms with E-state index in [1.54, 1.807) is 0 Å². The molecule has 0 saturated heterocycles. The van der Waals surface area contributed by atoms with Crippen molar-refractivity contribution in [3.63, 3.8) is 0 Å². The van der Waals surface area contributed by atoms with Crippen molar-refractivity contribution < 1.29 is 4.79 Å². The number of carbonyl (C=O) groups is 1. The molecule has 1 aliphatic rings. The van der Waals surface area contributed by atoms with Gasteiger partial charge in [0.2, 0.25) is 0 Å². The van der Waals surface area contributed by atoms with Crippen LogP contribution in [0.5, 0.6) is 0 Å². The van der Waals surface area contributed by atoms with Crippen molar-refractivity contribution in [1.82, 2.24) is 19.2 Å². The van der Waals surface area contributed by atoms with Crippen LogP contribution in [0.15, 0.2) is 91.1 Å². The predicted molar refractivity (Wildman–Crippen MR) is 151 cm³/mol. The number of fused-ring (bicyclic) bond motifs is 3. The number of anilines is 1. The van der Waals surface area contributed by atoms with Gasteiger partial charge < -0.3 is 14.8 Å². The van der Waals surface area contributed by atoms with Crippen LogP contribution in [0.25, 0.3) is 11.5 Å². The molecule has 1 aliphatic heterocycles. The summed E-state index contributed by atoms with van der Waals surface area (Å²) >= 11 is 0. The standard InChI is InChI=1S/C32H31N5O/c1-21-10-8-11-25(18-21)30-29-14-9-17-35(29)31-27(24(4)34-37(31)26-12-6-5-7-13-26)20-36(30)32(38)33-28-19-22(2)15-16-23(28)3/h5-19,30H,20H2,1-4H3,(H,33,38)/t30-/m0/s1. The molecule has 38 heavy (non-hydrogen) atoms. The highest BCUT2D eigenvalue weighted by atomic mass is 16.2. The quantitative estimate of drug-likeness (QED) is 0.288. The van der Waals surface area contributed by atoms with Gasteiger partial charge in [0.25, 0.3) is 0 Å². The molecule has 190 valence electrons. The molecule has 0 spiro atoms. The largest absolute Gasteiger partial charge is 0.322 e. The fourth-order valence-corrected chi connectivity index (χ4v) is 5.40. The van der Waals surface area contributed by atoms with E-state index in [0.717, 1.165) is 56.4 Å². The van der Waals surface area contributed by atoms with Gasteiger partial charge in [-0.05, 0) is 74.7 Å². The highest BCUT2D eigenvalue weighted by Crippen LogP contribution is 2.39. The van der Waals surface area contributed by atoms with Crippen molar-refractivity contribution in [3.05, 3.63) is 130 Å². The van der Waals surface area contributed by atoms with Gasteiger partial charge in [0, 0.05) is 17.4 Å². The maximum Gasteiger partial charge on any atom is 0.322 e. The Morgan fingerprint density at radius 2 is 1.66 bits per heavy atom. The third kappa shape index (κ3) is 4.08. The smallest absolute Gasteiger partial charge is 0.308 e. The fourth-order valence-electron chi connectivity index (χ4n) is 5.40. The van der Waals surface area contributed by atoms with Crippen molar-refractivity contribution >= 4 is 11.7 Å². The molecule has 6 nitrogen and oxygen atoms in total. The van der Waals surface area contributed by atoms with Gasteiger partial charge in [-0.3, -0.25) is 0 Å². The zero-order chi connectivity index (χ0) is 26.4. The summed E-state index contributed by atoms with van der Waals surface area (Å²) in [6.45, 7) is 8.59. The molecule has 1 N–H and O–H groups in total. The number of hydrogen-bond donors (Lipinski definition) is 1. The first-order valence-electron chi connectivity index (χ1n) is 12.9. The molecule has 5 aromatic rings. The average Bonchev–Trinajstić information content (AvgIpc) is 3.47. The Hall–Kier alpha value is -4.58. The molecule has 2 amide bonds. The normalized spacial score (nSPS) is 14.5. The highest BCUT2D eigenvalue weighted by Gasteiger charge is 2.36. The van der Waals surface area contributed by atoms with Crippen molar-refractivity contribution in [3.8, 4) is 11.5 Å². The van der Waals surface area contributed by atoms with Crippen molar-refractivity contribution in [2.24, 2.45) is 0 Å². The number of hydrogen-bond acceptors (Lipinski definition) is 2. The fraction of sp³-hybridized carbons (Fsp3) is 0.188. The SMILES string of the molecule is Cc1cccc([C@H]2c3cccn3-c3c(c(C)nn3-c3ccccc3)CN2C(=O)Nc2cc(C)ccc2C)c1. The lowest BCUT2D eigenvalue weighted by Crippen LogP contribution is -2.38. The van der Waals surface area contributed by atoms with E-state index in [1.165, 1.54) is 0 Å². The minimum Gasteiger partial charge on any atom is -0.308 e. The van der Waals surface area contributed by atoms with Crippen LogP contribution < -0.4 is 5.32 Å². The Bertz CT molecular complexity index is 1650. The van der Waals surface area contributed by atoms with Crippen LogP contribution in [-0.2, 0) is 6.54 Å². The molecule has 0 saturated carbocycles. The van der Waals surface area contributed by atoms with Gasteiger partial charge in [-0.25, -0.2) is 9.48 Å². The maximum atomic E-state index is 14.2. The average molecular weight is 502 g/mol. The first-order valence-corrected chi connectivity index (χ1v) is 12.9. The van der Waals surface area contributed by atoms with E-state index < -0.39 is 0 Å². The maximum absolute atomic E-state index is 14.2. The van der Waals surface area contributed by atoms with E-state index in [2.05, 4.69) is 71.5 Å². The van der Waals surface area contributed by atoms with E-state index in [-0.39, 0.29) is 12.1 Å². The zero-order valence-electron chi connectivity index (χ0n) is 22.1.